The number of hydrogen-bond donors (Lipinski definition) is 1. The number of halogens is 3. The van der Waals surface area contributed by atoms with Gasteiger partial charge in [0.05, 0.1) is 23.4 Å². The van der Waals surface area contributed by atoms with Gasteiger partial charge in [-0.25, -0.2) is 10.2 Å². The van der Waals surface area contributed by atoms with Gasteiger partial charge in [0.25, 0.3) is 5.91 Å². The van der Waals surface area contributed by atoms with E-state index in [0.717, 1.165) is 4.47 Å². The number of hydrogen-bond acceptors (Lipinski definition) is 5. The van der Waals surface area contributed by atoms with Gasteiger partial charge in [-0.1, -0.05) is 45.2 Å². The maximum absolute atomic E-state index is 12.5. The number of rotatable bonds is 7. The number of amides is 1. The molecule has 1 N–H and O–H groups in total. The molecule has 0 spiro atoms. The van der Waals surface area contributed by atoms with Gasteiger partial charge in [0, 0.05) is 15.1 Å². The number of nitrogens with zero attached hydrogens (tertiary/aromatic N) is 1. The van der Waals surface area contributed by atoms with E-state index in [1.54, 1.807) is 49.4 Å². The number of nitrogens with one attached hydrogen (secondary N) is 1. The van der Waals surface area contributed by atoms with Crippen LogP contribution in [0.3, 0.4) is 0 Å². The van der Waals surface area contributed by atoms with Crippen LogP contribution in [-0.4, -0.2) is 24.7 Å². The molecule has 3 aromatic rings. The zero-order valence-corrected chi connectivity index (χ0v) is 19.9. The van der Waals surface area contributed by atoms with Crippen LogP contribution in [0.2, 0.25) is 10.0 Å². The molecule has 0 aliphatic rings. The fraction of sp³-hybridized carbons (Fsp3) is 0.0870. The first-order valence-electron chi connectivity index (χ1n) is 9.40. The van der Waals surface area contributed by atoms with Crippen LogP contribution >= 0.6 is 39.1 Å². The predicted octanol–water partition coefficient (Wildman–Crippen LogP) is 6.14. The van der Waals surface area contributed by atoms with Gasteiger partial charge in [0.15, 0.2) is 11.5 Å². The van der Waals surface area contributed by atoms with Crippen molar-refractivity contribution in [3.63, 3.8) is 0 Å². The molecule has 0 heterocycles. The highest BCUT2D eigenvalue weighted by molar-refractivity contribution is 9.10. The summed E-state index contributed by atoms with van der Waals surface area (Å²) in [5, 5.41) is 4.57. The topological polar surface area (TPSA) is 77.0 Å². The first kappa shape index (κ1) is 23.8. The Balaban J connectivity index is 1.73. The number of hydrazone groups is 1. The van der Waals surface area contributed by atoms with E-state index in [1.165, 1.54) is 18.3 Å². The average Bonchev–Trinajstić information content (AvgIpc) is 2.75. The smallest absolute Gasteiger partial charge is 0.345 e. The first-order valence-corrected chi connectivity index (χ1v) is 11.0. The number of carbonyl (C=O) groups is 2. The Labute approximate surface area is 203 Å². The third kappa shape index (κ3) is 6.32. The molecule has 0 bridgehead atoms. The van der Waals surface area contributed by atoms with Crippen LogP contribution in [0.5, 0.6) is 11.5 Å². The summed E-state index contributed by atoms with van der Waals surface area (Å²) >= 11 is 15.3. The molecule has 0 aliphatic heterocycles. The lowest BCUT2D eigenvalue weighted by Gasteiger charge is -2.12. The fourth-order valence-electron chi connectivity index (χ4n) is 2.63. The number of carbonyl (C=O) groups excluding carboxylic acids is 2. The van der Waals surface area contributed by atoms with Crippen molar-refractivity contribution >= 4 is 57.2 Å². The summed E-state index contributed by atoms with van der Waals surface area (Å²) in [7, 11) is 0. The minimum Gasteiger partial charge on any atom is -0.490 e. The van der Waals surface area contributed by atoms with Gasteiger partial charge in [-0.2, -0.15) is 5.10 Å². The van der Waals surface area contributed by atoms with E-state index in [-0.39, 0.29) is 22.2 Å². The van der Waals surface area contributed by atoms with Crippen LogP contribution in [0.1, 0.15) is 33.2 Å². The van der Waals surface area contributed by atoms with Crippen LogP contribution in [0, 0.1) is 0 Å². The van der Waals surface area contributed by atoms with Gasteiger partial charge >= 0.3 is 5.97 Å². The Kier molecular flexibility index (Phi) is 8.27. The van der Waals surface area contributed by atoms with Gasteiger partial charge in [0.1, 0.15) is 0 Å². The minimum absolute atomic E-state index is 0.180. The largest absolute Gasteiger partial charge is 0.490 e. The van der Waals surface area contributed by atoms with Crippen LogP contribution < -0.4 is 14.9 Å². The van der Waals surface area contributed by atoms with Crippen molar-refractivity contribution < 1.29 is 19.1 Å². The van der Waals surface area contributed by atoms with E-state index in [0.29, 0.717) is 28.5 Å². The Morgan fingerprint density at radius 3 is 2.59 bits per heavy atom. The van der Waals surface area contributed by atoms with E-state index < -0.39 is 5.97 Å². The summed E-state index contributed by atoms with van der Waals surface area (Å²) in [6.45, 7) is 2.16. The van der Waals surface area contributed by atoms with Crippen molar-refractivity contribution in [2.75, 3.05) is 6.61 Å². The van der Waals surface area contributed by atoms with Gasteiger partial charge in [-0.3, -0.25) is 4.79 Å². The van der Waals surface area contributed by atoms with Crippen molar-refractivity contribution in [3.05, 3.63) is 91.9 Å². The SMILES string of the molecule is CCOc1cc(/C=N/NC(=O)c2cccc(Br)c2)ccc1OC(=O)c1ccc(Cl)cc1Cl. The molecule has 0 unspecified atom stereocenters. The molecule has 0 fully saturated rings. The molecule has 3 aromatic carbocycles. The van der Waals surface area contributed by atoms with Crippen molar-refractivity contribution in [3.8, 4) is 11.5 Å². The molecule has 0 aliphatic carbocycles. The summed E-state index contributed by atoms with van der Waals surface area (Å²) < 4.78 is 11.8. The minimum atomic E-state index is -0.643. The summed E-state index contributed by atoms with van der Waals surface area (Å²) in [6.07, 6.45) is 1.46. The number of esters is 1. The maximum atomic E-state index is 12.5. The highest BCUT2D eigenvalue weighted by Crippen LogP contribution is 2.30. The lowest BCUT2D eigenvalue weighted by atomic mass is 10.2. The second kappa shape index (κ2) is 11.1. The molecule has 6 nitrogen and oxygen atoms in total. The Morgan fingerprint density at radius 1 is 1.06 bits per heavy atom. The Bertz CT molecular complexity index is 1180. The zero-order valence-electron chi connectivity index (χ0n) is 16.8. The highest BCUT2D eigenvalue weighted by atomic mass is 79.9. The summed E-state index contributed by atoms with van der Waals surface area (Å²) in [5.41, 5.74) is 3.74. The maximum Gasteiger partial charge on any atom is 0.345 e. The molecular weight excluding hydrogens is 519 g/mol. The second-order valence-corrected chi connectivity index (χ2v) is 8.12. The standard InChI is InChI=1S/C23H17BrCl2N2O4/c1-2-31-21-10-14(13-27-28-22(29)15-4-3-5-16(24)11-15)6-9-20(21)32-23(30)18-8-7-17(25)12-19(18)26/h3-13H,2H2,1H3,(H,28,29)/b27-13+. The third-order valence-corrected chi connectivity index (χ3v) is 5.13. The van der Waals surface area contributed by atoms with Crippen LogP contribution in [0.4, 0.5) is 0 Å². The molecule has 0 aromatic heterocycles. The molecule has 1 amide bonds. The van der Waals surface area contributed by atoms with Gasteiger partial charge < -0.3 is 9.47 Å². The number of benzene rings is 3. The van der Waals surface area contributed by atoms with Crippen LogP contribution in [-0.2, 0) is 0 Å². The van der Waals surface area contributed by atoms with E-state index in [4.69, 9.17) is 32.7 Å². The van der Waals surface area contributed by atoms with Crippen molar-refractivity contribution in [1.29, 1.82) is 0 Å². The van der Waals surface area contributed by atoms with Crippen LogP contribution in [0.25, 0.3) is 0 Å². The molecule has 0 saturated heterocycles. The Hall–Kier alpha value is -2.87. The number of ether oxygens (including phenoxy) is 2. The quantitative estimate of drug-likeness (QED) is 0.171. The van der Waals surface area contributed by atoms with E-state index in [2.05, 4.69) is 26.5 Å². The molecule has 0 atom stereocenters. The van der Waals surface area contributed by atoms with E-state index >= 15 is 0 Å². The lowest BCUT2D eigenvalue weighted by molar-refractivity contribution is 0.0728. The van der Waals surface area contributed by atoms with Gasteiger partial charge in [0.2, 0.25) is 0 Å². The van der Waals surface area contributed by atoms with Crippen molar-refractivity contribution in [1.82, 2.24) is 5.43 Å². The molecule has 3 rings (SSSR count). The van der Waals surface area contributed by atoms with Gasteiger partial charge in [-0.05, 0) is 67.1 Å². The summed E-state index contributed by atoms with van der Waals surface area (Å²) in [6, 6.07) is 16.3. The highest BCUT2D eigenvalue weighted by Gasteiger charge is 2.16. The van der Waals surface area contributed by atoms with Crippen molar-refractivity contribution in [2.45, 2.75) is 6.92 Å². The lowest BCUT2D eigenvalue weighted by Crippen LogP contribution is -2.17. The molecule has 0 radical (unpaired) electrons. The average molecular weight is 536 g/mol. The second-order valence-electron chi connectivity index (χ2n) is 6.36. The van der Waals surface area contributed by atoms with Gasteiger partial charge in [-0.15, -0.1) is 0 Å². The summed E-state index contributed by atoms with van der Waals surface area (Å²) in [5.74, 6) is -0.431. The van der Waals surface area contributed by atoms with Crippen molar-refractivity contribution in [2.24, 2.45) is 5.10 Å². The molecule has 0 saturated carbocycles. The molecule has 9 heteroatoms. The molecular formula is C23H17BrCl2N2O4. The molecule has 164 valence electrons. The normalized spacial score (nSPS) is 10.8. The first-order chi connectivity index (χ1) is 15.4. The predicted molar refractivity (Wildman–Crippen MR) is 128 cm³/mol. The zero-order chi connectivity index (χ0) is 23.1. The van der Waals surface area contributed by atoms with E-state index in [9.17, 15) is 9.59 Å². The summed E-state index contributed by atoms with van der Waals surface area (Å²) in [4.78, 5) is 24.7. The fourth-order valence-corrected chi connectivity index (χ4v) is 3.51. The third-order valence-electron chi connectivity index (χ3n) is 4.09. The van der Waals surface area contributed by atoms with Crippen LogP contribution in [0.15, 0.2) is 70.2 Å². The molecule has 32 heavy (non-hydrogen) atoms. The Morgan fingerprint density at radius 2 is 1.88 bits per heavy atom. The van der Waals surface area contributed by atoms with E-state index in [1.807, 2.05) is 6.07 Å². The monoisotopic (exact) mass is 534 g/mol.